The van der Waals surface area contributed by atoms with Gasteiger partial charge in [0.2, 0.25) is 0 Å². The fourth-order valence-electron chi connectivity index (χ4n) is 2.78. The van der Waals surface area contributed by atoms with E-state index in [1.54, 1.807) is 18.2 Å². The molecule has 0 unspecified atom stereocenters. The number of H-pyrrole nitrogens is 1. The Kier molecular flexibility index (Phi) is 5.00. The van der Waals surface area contributed by atoms with E-state index >= 15 is 0 Å². The average molecular weight is 340 g/mol. The summed E-state index contributed by atoms with van der Waals surface area (Å²) in [5.41, 5.74) is 3.25. The number of fused-ring (bicyclic) bond motifs is 1. The first-order chi connectivity index (χ1) is 12.1. The summed E-state index contributed by atoms with van der Waals surface area (Å²) >= 11 is 0. The molecule has 0 fully saturated rings. The monoisotopic (exact) mass is 340 g/mol. The van der Waals surface area contributed by atoms with Gasteiger partial charge in [-0.15, -0.1) is 0 Å². The largest absolute Gasteiger partial charge is 0.491 e. The molecule has 0 atom stereocenters. The first-order valence-corrected chi connectivity index (χ1v) is 8.04. The smallest absolute Gasteiger partial charge is 0.297 e. The number of hydrogen-bond acceptors (Lipinski definition) is 5. The molecule has 6 nitrogen and oxygen atoms in total. The highest BCUT2D eigenvalue weighted by molar-refractivity contribution is 5.77. The zero-order valence-corrected chi connectivity index (χ0v) is 14.2. The van der Waals surface area contributed by atoms with Crippen LogP contribution in [-0.4, -0.2) is 28.3 Å². The van der Waals surface area contributed by atoms with Crippen LogP contribution in [0, 0.1) is 13.8 Å². The molecule has 0 bridgehead atoms. The second-order valence-corrected chi connectivity index (χ2v) is 5.81. The maximum Gasteiger partial charge on any atom is 0.297 e. The molecular formula is C19H20N2O4. The Balaban J connectivity index is 1.79. The van der Waals surface area contributed by atoms with Gasteiger partial charge >= 0.3 is 0 Å². The van der Waals surface area contributed by atoms with Gasteiger partial charge in [0.15, 0.2) is 0 Å². The third kappa shape index (κ3) is 3.80. The Hall–Kier alpha value is -2.86. The van der Waals surface area contributed by atoms with Crippen LogP contribution in [0.1, 0.15) is 16.7 Å². The Morgan fingerprint density at radius 2 is 1.84 bits per heavy atom. The highest BCUT2D eigenvalue weighted by Crippen LogP contribution is 2.25. The van der Waals surface area contributed by atoms with Crippen LogP contribution in [0.4, 0.5) is 0 Å². The summed E-state index contributed by atoms with van der Waals surface area (Å²) in [5, 5.41) is 9.43. The second-order valence-electron chi connectivity index (χ2n) is 5.81. The van der Waals surface area contributed by atoms with Gasteiger partial charge in [-0.1, -0.05) is 12.1 Å². The zero-order valence-electron chi connectivity index (χ0n) is 14.2. The van der Waals surface area contributed by atoms with Crippen LogP contribution < -0.4 is 15.0 Å². The van der Waals surface area contributed by atoms with Gasteiger partial charge in [0.25, 0.3) is 11.6 Å². The molecule has 1 heterocycles. The van der Waals surface area contributed by atoms with Crippen LogP contribution >= 0.6 is 0 Å². The number of nitrogens with one attached hydrogen (secondary N) is 1. The van der Waals surface area contributed by atoms with E-state index in [1.165, 1.54) is 0 Å². The van der Waals surface area contributed by atoms with Crippen molar-refractivity contribution in [3.05, 3.63) is 63.4 Å². The average Bonchev–Trinajstić information content (AvgIpc) is 2.59. The molecule has 130 valence electrons. The van der Waals surface area contributed by atoms with Crippen LogP contribution in [0.2, 0.25) is 0 Å². The number of ether oxygens (including phenoxy) is 2. The molecule has 6 heteroatoms. The van der Waals surface area contributed by atoms with Crippen LogP contribution in [-0.2, 0) is 6.61 Å². The van der Waals surface area contributed by atoms with E-state index in [2.05, 4.69) is 9.97 Å². The van der Waals surface area contributed by atoms with Crippen LogP contribution in [0.5, 0.6) is 11.8 Å². The van der Waals surface area contributed by atoms with Gasteiger partial charge in [-0.25, -0.2) is 0 Å². The number of aromatic amines is 1. The molecule has 2 aromatic carbocycles. The SMILES string of the molecule is Cc1cc(COc2nc3ccccc3c(=O)[nH]2)cc(C)c1OCCO. The van der Waals surface area contributed by atoms with Crippen molar-refractivity contribution in [3.8, 4) is 11.8 Å². The topological polar surface area (TPSA) is 84.4 Å². The number of nitrogens with zero attached hydrogens (tertiary/aromatic N) is 1. The fraction of sp³-hybridized carbons (Fsp3) is 0.263. The van der Waals surface area contributed by atoms with E-state index < -0.39 is 0 Å². The second kappa shape index (κ2) is 7.36. The number of para-hydroxylation sites is 1. The number of aliphatic hydroxyl groups is 1. The molecule has 1 aromatic heterocycles. The molecule has 0 saturated carbocycles. The Morgan fingerprint density at radius 1 is 1.12 bits per heavy atom. The summed E-state index contributed by atoms with van der Waals surface area (Å²) in [6.07, 6.45) is 0. The maximum atomic E-state index is 12.1. The van der Waals surface area contributed by atoms with Gasteiger partial charge in [-0.05, 0) is 54.8 Å². The van der Waals surface area contributed by atoms with Crippen molar-refractivity contribution < 1.29 is 14.6 Å². The van der Waals surface area contributed by atoms with Gasteiger partial charge in [0.05, 0.1) is 17.5 Å². The predicted octanol–water partition coefficient (Wildman–Crippen LogP) is 2.49. The molecule has 0 saturated heterocycles. The van der Waals surface area contributed by atoms with E-state index in [1.807, 2.05) is 32.0 Å². The predicted molar refractivity (Wildman–Crippen MR) is 95.2 cm³/mol. The Bertz CT molecular complexity index is 927. The van der Waals surface area contributed by atoms with Crippen molar-refractivity contribution in [2.45, 2.75) is 20.5 Å². The minimum absolute atomic E-state index is 0.0231. The van der Waals surface area contributed by atoms with Gasteiger partial charge in [0.1, 0.15) is 19.0 Å². The van der Waals surface area contributed by atoms with Crippen molar-refractivity contribution in [2.24, 2.45) is 0 Å². The third-order valence-electron chi connectivity index (χ3n) is 3.82. The molecule has 0 aliphatic carbocycles. The normalized spacial score (nSPS) is 10.8. The van der Waals surface area contributed by atoms with E-state index in [4.69, 9.17) is 14.6 Å². The van der Waals surface area contributed by atoms with Crippen molar-refractivity contribution in [1.29, 1.82) is 0 Å². The quantitative estimate of drug-likeness (QED) is 0.720. The molecule has 0 aliphatic heterocycles. The molecule has 3 rings (SSSR count). The lowest BCUT2D eigenvalue weighted by molar-refractivity contribution is 0.199. The Morgan fingerprint density at radius 3 is 2.56 bits per heavy atom. The summed E-state index contributed by atoms with van der Waals surface area (Å²) in [6.45, 7) is 4.41. The van der Waals surface area contributed by atoms with Gasteiger partial charge in [-0.3, -0.25) is 9.78 Å². The molecule has 0 aliphatic rings. The number of hydrogen-bond donors (Lipinski definition) is 2. The van der Waals surface area contributed by atoms with Crippen molar-refractivity contribution >= 4 is 10.9 Å². The minimum Gasteiger partial charge on any atom is -0.491 e. The van der Waals surface area contributed by atoms with Crippen LogP contribution in [0.25, 0.3) is 10.9 Å². The van der Waals surface area contributed by atoms with Crippen LogP contribution in [0.3, 0.4) is 0 Å². The highest BCUT2D eigenvalue weighted by atomic mass is 16.5. The lowest BCUT2D eigenvalue weighted by Crippen LogP contribution is -2.11. The number of benzene rings is 2. The highest BCUT2D eigenvalue weighted by Gasteiger charge is 2.08. The van der Waals surface area contributed by atoms with E-state index in [0.29, 0.717) is 10.9 Å². The molecule has 0 spiro atoms. The van der Waals surface area contributed by atoms with E-state index in [0.717, 1.165) is 22.4 Å². The summed E-state index contributed by atoms with van der Waals surface area (Å²) < 4.78 is 11.2. The lowest BCUT2D eigenvalue weighted by atomic mass is 10.1. The van der Waals surface area contributed by atoms with Gasteiger partial charge in [0, 0.05) is 0 Å². The van der Waals surface area contributed by atoms with Crippen LogP contribution in [0.15, 0.2) is 41.2 Å². The lowest BCUT2D eigenvalue weighted by Gasteiger charge is -2.13. The van der Waals surface area contributed by atoms with Crippen molar-refractivity contribution in [2.75, 3.05) is 13.2 Å². The molecule has 3 aromatic rings. The summed E-state index contributed by atoms with van der Waals surface area (Å²) in [6, 6.07) is 11.2. The molecule has 2 N–H and O–H groups in total. The van der Waals surface area contributed by atoms with Crippen molar-refractivity contribution in [1.82, 2.24) is 9.97 Å². The first-order valence-electron chi connectivity index (χ1n) is 8.04. The summed E-state index contributed by atoms with van der Waals surface area (Å²) in [4.78, 5) is 19.0. The molecule has 0 radical (unpaired) electrons. The van der Waals surface area contributed by atoms with Gasteiger partial charge < -0.3 is 14.6 Å². The standard InChI is InChI=1S/C19H20N2O4/c1-12-9-14(10-13(2)17(12)24-8-7-22)11-25-19-20-16-6-4-3-5-15(16)18(23)21-19/h3-6,9-10,22H,7-8,11H2,1-2H3,(H,20,21,23). The van der Waals surface area contributed by atoms with E-state index in [9.17, 15) is 4.79 Å². The molecular weight excluding hydrogens is 320 g/mol. The fourth-order valence-corrected chi connectivity index (χ4v) is 2.78. The minimum atomic E-state index is -0.222. The summed E-state index contributed by atoms with van der Waals surface area (Å²) in [7, 11) is 0. The van der Waals surface area contributed by atoms with Gasteiger partial charge in [-0.2, -0.15) is 4.98 Å². The zero-order chi connectivity index (χ0) is 17.8. The Labute approximate surface area is 145 Å². The van der Waals surface area contributed by atoms with E-state index in [-0.39, 0.29) is 31.4 Å². The molecule has 25 heavy (non-hydrogen) atoms. The van der Waals surface area contributed by atoms with Crippen molar-refractivity contribution in [3.63, 3.8) is 0 Å². The molecule has 0 amide bonds. The number of aliphatic hydroxyl groups excluding tert-OH is 1. The number of rotatable bonds is 6. The summed E-state index contributed by atoms with van der Waals surface area (Å²) in [5.74, 6) is 0.773. The number of aromatic nitrogens is 2. The maximum absolute atomic E-state index is 12.1. The third-order valence-corrected chi connectivity index (χ3v) is 3.82. The first kappa shape index (κ1) is 17.0. The number of aryl methyl sites for hydroxylation is 2.